The normalized spacial score (nSPS) is 12.3. The fourth-order valence-electron chi connectivity index (χ4n) is 2.14. The first-order chi connectivity index (χ1) is 9.97. The maximum Gasteiger partial charge on any atom is 0.141 e. The van der Waals surface area contributed by atoms with Gasteiger partial charge in [-0.1, -0.05) is 6.07 Å². The summed E-state index contributed by atoms with van der Waals surface area (Å²) in [6.07, 6.45) is 0. The quantitative estimate of drug-likeness (QED) is 0.766. The molecule has 1 atom stereocenters. The Hall–Kier alpha value is -0.980. The summed E-state index contributed by atoms with van der Waals surface area (Å²) < 4.78 is 33.3. The number of hydrogen-bond acceptors (Lipinski definition) is 2. The molecular formula is C15H13Br2F2NO. The van der Waals surface area contributed by atoms with Crippen LogP contribution in [0.5, 0.6) is 5.75 Å². The Labute approximate surface area is 138 Å². The van der Waals surface area contributed by atoms with Gasteiger partial charge in [-0.2, -0.15) is 0 Å². The lowest BCUT2D eigenvalue weighted by Crippen LogP contribution is -2.19. The van der Waals surface area contributed by atoms with Gasteiger partial charge in [0.15, 0.2) is 0 Å². The van der Waals surface area contributed by atoms with E-state index >= 15 is 0 Å². The van der Waals surface area contributed by atoms with Crippen LogP contribution in [-0.4, -0.2) is 14.2 Å². The van der Waals surface area contributed by atoms with E-state index in [9.17, 15) is 8.78 Å². The van der Waals surface area contributed by atoms with E-state index in [-0.39, 0.29) is 11.9 Å². The molecule has 0 spiro atoms. The first-order valence-electron chi connectivity index (χ1n) is 6.13. The monoisotopic (exact) mass is 419 g/mol. The molecule has 0 fully saturated rings. The molecule has 0 aliphatic heterocycles. The molecule has 0 saturated carbocycles. The zero-order valence-electron chi connectivity index (χ0n) is 11.4. The third-order valence-corrected chi connectivity index (χ3v) is 4.40. The molecule has 1 unspecified atom stereocenters. The molecule has 0 aliphatic carbocycles. The van der Waals surface area contributed by atoms with Crippen LogP contribution in [0.1, 0.15) is 17.2 Å². The molecule has 2 rings (SSSR count). The van der Waals surface area contributed by atoms with Gasteiger partial charge in [0.05, 0.1) is 22.1 Å². The molecule has 112 valence electrons. The summed E-state index contributed by atoms with van der Waals surface area (Å²) >= 11 is 6.29. The number of hydrogen-bond donors (Lipinski definition) is 1. The van der Waals surface area contributed by atoms with Crippen LogP contribution in [0.4, 0.5) is 8.78 Å². The molecule has 0 amide bonds. The molecule has 21 heavy (non-hydrogen) atoms. The topological polar surface area (TPSA) is 21.3 Å². The summed E-state index contributed by atoms with van der Waals surface area (Å²) in [6.45, 7) is 0. The summed E-state index contributed by atoms with van der Waals surface area (Å²) in [5.74, 6) is -0.362. The lowest BCUT2D eigenvalue weighted by molar-refractivity contribution is 0.401. The van der Waals surface area contributed by atoms with Gasteiger partial charge in [0.1, 0.15) is 17.4 Å². The van der Waals surface area contributed by atoms with Gasteiger partial charge in [0.2, 0.25) is 0 Å². The first-order valence-corrected chi connectivity index (χ1v) is 7.71. The van der Waals surface area contributed by atoms with Gasteiger partial charge in [0.25, 0.3) is 0 Å². The van der Waals surface area contributed by atoms with Gasteiger partial charge >= 0.3 is 0 Å². The second kappa shape index (κ2) is 6.85. The molecule has 0 bridgehead atoms. The summed E-state index contributed by atoms with van der Waals surface area (Å²) in [5.41, 5.74) is 1.44. The predicted octanol–water partition coefficient (Wildman–Crippen LogP) is 4.81. The second-order valence-corrected chi connectivity index (χ2v) is 6.11. The van der Waals surface area contributed by atoms with Crippen molar-refractivity contribution in [2.24, 2.45) is 0 Å². The summed E-state index contributed by atoms with van der Waals surface area (Å²) in [4.78, 5) is 0. The lowest BCUT2D eigenvalue weighted by Gasteiger charge is -2.20. The van der Waals surface area contributed by atoms with E-state index < -0.39 is 5.82 Å². The van der Waals surface area contributed by atoms with E-state index in [1.54, 1.807) is 25.2 Å². The molecule has 0 saturated heterocycles. The molecular weight excluding hydrogens is 408 g/mol. The number of ether oxygens (including phenoxy) is 1. The molecule has 2 aromatic carbocycles. The van der Waals surface area contributed by atoms with Crippen molar-refractivity contribution in [3.05, 3.63) is 62.0 Å². The van der Waals surface area contributed by atoms with Crippen molar-refractivity contribution < 1.29 is 13.5 Å². The van der Waals surface area contributed by atoms with E-state index in [1.165, 1.54) is 19.2 Å². The summed E-state index contributed by atoms with van der Waals surface area (Å²) in [6, 6.07) is 7.49. The van der Waals surface area contributed by atoms with Crippen molar-refractivity contribution >= 4 is 31.9 Å². The van der Waals surface area contributed by atoms with Gasteiger partial charge in [-0.15, -0.1) is 0 Å². The SMILES string of the molecule is CNC(c1ccc(Br)c(F)c1)c1cc(Br)c(F)cc1OC. The Morgan fingerprint density at radius 2 is 1.71 bits per heavy atom. The van der Waals surface area contributed by atoms with Crippen LogP contribution in [0.25, 0.3) is 0 Å². The average Bonchev–Trinajstić information content (AvgIpc) is 2.46. The van der Waals surface area contributed by atoms with Crippen LogP contribution in [0.2, 0.25) is 0 Å². The Bertz CT molecular complexity index is 664. The molecule has 0 heterocycles. The highest BCUT2D eigenvalue weighted by atomic mass is 79.9. The highest BCUT2D eigenvalue weighted by Gasteiger charge is 2.20. The number of benzene rings is 2. The van der Waals surface area contributed by atoms with Gasteiger partial charge in [0, 0.05) is 11.6 Å². The zero-order valence-corrected chi connectivity index (χ0v) is 14.6. The predicted molar refractivity (Wildman–Crippen MR) is 85.7 cm³/mol. The number of nitrogens with one attached hydrogen (secondary N) is 1. The van der Waals surface area contributed by atoms with E-state index in [0.717, 1.165) is 11.1 Å². The van der Waals surface area contributed by atoms with E-state index in [1.807, 2.05) is 0 Å². The highest BCUT2D eigenvalue weighted by Crippen LogP contribution is 2.34. The van der Waals surface area contributed by atoms with Crippen molar-refractivity contribution in [3.8, 4) is 5.75 Å². The van der Waals surface area contributed by atoms with Crippen LogP contribution in [0.15, 0.2) is 39.3 Å². The van der Waals surface area contributed by atoms with Crippen molar-refractivity contribution in [1.29, 1.82) is 0 Å². The maximum absolute atomic E-state index is 13.7. The Balaban J connectivity index is 2.55. The molecule has 0 aromatic heterocycles. The van der Waals surface area contributed by atoms with E-state index in [4.69, 9.17) is 4.74 Å². The third-order valence-electron chi connectivity index (χ3n) is 3.15. The van der Waals surface area contributed by atoms with Crippen LogP contribution in [0, 0.1) is 11.6 Å². The lowest BCUT2D eigenvalue weighted by atomic mass is 9.98. The Morgan fingerprint density at radius 1 is 1.05 bits per heavy atom. The minimum absolute atomic E-state index is 0.320. The van der Waals surface area contributed by atoms with Crippen LogP contribution in [-0.2, 0) is 0 Å². The smallest absolute Gasteiger partial charge is 0.141 e. The molecule has 6 heteroatoms. The van der Waals surface area contributed by atoms with Crippen LogP contribution >= 0.6 is 31.9 Å². The minimum atomic E-state index is -0.410. The molecule has 2 aromatic rings. The number of rotatable bonds is 4. The fourth-order valence-corrected chi connectivity index (χ4v) is 2.75. The van der Waals surface area contributed by atoms with E-state index in [0.29, 0.717) is 14.7 Å². The van der Waals surface area contributed by atoms with Crippen molar-refractivity contribution in [2.45, 2.75) is 6.04 Å². The Kier molecular flexibility index (Phi) is 5.35. The van der Waals surface area contributed by atoms with Crippen molar-refractivity contribution in [1.82, 2.24) is 5.32 Å². The molecule has 0 aliphatic rings. The second-order valence-electron chi connectivity index (χ2n) is 4.40. The molecule has 1 N–H and O–H groups in total. The van der Waals surface area contributed by atoms with Gasteiger partial charge in [-0.05, 0) is 62.7 Å². The van der Waals surface area contributed by atoms with Gasteiger partial charge < -0.3 is 10.1 Å². The van der Waals surface area contributed by atoms with Crippen LogP contribution in [0.3, 0.4) is 0 Å². The minimum Gasteiger partial charge on any atom is -0.496 e. The van der Waals surface area contributed by atoms with Crippen molar-refractivity contribution in [2.75, 3.05) is 14.2 Å². The van der Waals surface area contributed by atoms with Crippen LogP contribution < -0.4 is 10.1 Å². The fraction of sp³-hybridized carbons (Fsp3) is 0.200. The van der Waals surface area contributed by atoms with Gasteiger partial charge in [-0.25, -0.2) is 8.78 Å². The highest BCUT2D eigenvalue weighted by molar-refractivity contribution is 9.10. The number of methoxy groups -OCH3 is 1. The van der Waals surface area contributed by atoms with Gasteiger partial charge in [-0.3, -0.25) is 0 Å². The molecule has 0 radical (unpaired) electrons. The number of halogens is 4. The third kappa shape index (κ3) is 3.44. The average molecular weight is 421 g/mol. The largest absolute Gasteiger partial charge is 0.496 e. The first kappa shape index (κ1) is 16.4. The standard InChI is InChI=1S/C15H13Br2F2NO/c1-20-15(8-3-4-10(16)12(18)5-8)9-6-11(17)13(19)7-14(9)21-2/h3-7,15,20H,1-2H3. The van der Waals surface area contributed by atoms with Crippen molar-refractivity contribution in [3.63, 3.8) is 0 Å². The van der Waals surface area contributed by atoms with E-state index in [2.05, 4.69) is 37.2 Å². The summed E-state index contributed by atoms with van der Waals surface area (Å²) in [7, 11) is 3.22. The molecule has 2 nitrogen and oxygen atoms in total. The Morgan fingerprint density at radius 3 is 2.29 bits per heavy atom. The maximum atomic E-state index is 13.7. The summed E-state index contributed by atoms with van der Waals surface area (Å²) in [5, 5.41) is 3.10. The zero-order chi connectivity index (χ0) is 15.6.